The summed E-state index contributed by atoms with van der Waals surface area (Å²) in [7, 11) is 0. The average Bonchev–Trinajstić information content (AvgIpc) is 2.65. The molecule has 0 N–H and O–H groups in total. The number of carbonyl (C=O) groups is 1. The zero-order valence-corrected chi connectivity index (χ0v) is 15.2. The van der Waals surface area contributed by atoms with Crippen molar-refractivity contribution in [2.45, 2.75) is 38.6 Å². The Balaban J connectivity index is 1.45. The van der Waals surface area contributed by atoms with Gasteiger partial charge in [-0.1, -0.05) is 13.3 Å². The Morgan fingerprint density at radius 1 is 1.48 bits per heavy atom. The monoisotopic (exact) mass is 419 g/mol. The van der Waals surface area contributed by atoms with Crippen LogP contribution in [0.2, 0.25) is 0 Å². The lowest BCUT2D eigenvalue weighted by molar-refractivity contribution is -0.0827. The van der Waals surface area contributed by atoms with Crippen molar-refractivity contribution in [1.29, 1.82) is 0 Å². The molecule has 5 nitrogen and oxygen atoms in total. The average molecular weight is 421 g/mol. The van der Waals surface area contributed by atoms with Crippen molar-refractivity contribution in [2.75, 3.05) is 19.7 Å². The normalized spacial score (nSPS) is 20.2. The number of rotatable bonds is 4. The van der Waals surface area contributed by atoms with E-state index in [4.69, 9.17) is 4.74 Å². The first-order valence-corrected chi connectivity index (χ1v) is 8.94. The number of hydrogen-bond donors (Lipinski definition) is 0. The van der Waals surface area contributed by atoms with Crippen molar-refractivity contribution in [3.8, 4) is 0 Å². The summed E-state index contributed by atoms with van der Waals surface area (Å²) in [5, 5.41) is 4.44. The molecule has 0 atom stereocenters. The summed E-state index contributed by atoms with van der Waals surface area (Å²) < 4.78 is 9.12. The third-order valence-electron chi connectivity index (χ3n) is 4.38. The van der Waals surface area contributed by atoms with Crippen LogP contribution in [0, 0.1) is 5.41 Å². The largest absolute Gasteiger partial charge is 0.449 e. The van der Waals surface area contributed by atoms with Crippen LogP contribution in [0.15, 0.2) is 15.3 Å². The number of hydrogen-bond acceptors (Lipinski definition) is 3. The fraction of sp³-hybridized carbons (Fsp3) is 0.714. The number of halogens is 2. The van der Waals surface area contributed by atoms with Crippen molar-refractivity contribution in [3.05, 3.63) is 15.3 Å². The predicted molar refractivity (Wildman–Crippen MR) is 86.2 cm³/mol. The van der Waals surface area contributed by atoms with Crippen molar-refractivity contribution in [3.63, 3.8) is 0 Å². The summed E-state index contributed by atoms with van der Waals surface area (Å²) in [6.07, 6.45) is 4.00. The molecule has 3 rings (SSSR count). The van der Waals surface area contributed by atoms with Crippen LogP contribution in [-0.4, -0.2) is 40.5 Å². The Kier molecular flexibility index (Phi) is 4.32. The Morgan fingerprint density at radius 2 is 2.19 bits per heavy atom. The maximum Gasteiger partial charge on any atom is 0.409 e. The first-order chi connectivity index (χ1) is 10.0. The Morgan fingerprint density at radius 3 is 2.76 bits per heavy atom. The van der Waals surface area contributed by atoms with E-state index in [1.165, 1.54) is 0 Å². The van der Waals surface area contributed by atoms with E-state index in [9.17, 15) is 4.79 Å². The van der Waals surface area contributed by atoms with Gasteiger partial charge in [-0.05, 0) is 51.1 Å². The number of likely N-dealkylation sites (tertiary alicyclic amines) is 1. The molecule has 1 aromatic heterocycles. The van der Waals surface area contributed by atoms with Crippen LogP contribution >= 0.6 is 31.9 Å². The second-order valence-electron chi connectivity index (χ2n) is 6.12. The first-order valence-electron chi connectivity index (χ1n) is 7.35. The maximum absolute atomic E-state index is 11.8. The van der Waals surface area contributed by atoms with Crippen molar-refractivity contribution >= 4 is 38.0 Å². The second kappa shape index (κ2) is 5.91. The molecule has 1 aliphatic carbocycles. The lowest BCUT2D eigenvalue weighted by Gasteiger charge is -2.58. The minimum absolute atomic E-state index is 0.152. The molecule has 1 aliphatic heterocycles. The van der Waals surface area contributed by atoms with Gasteiger partial charge in [-0.3, -0.25) is 4.68 Å². The van der Waals surface area contributed by atoms with Gasteiger partial charge in [0.1, 0.15) is 9.21 Å². The number of nitrogens with zero attached hydrogens (tertiary/aromatic N) is 3. The number of aromatic nitrogens is 2. The highest BCUT2D eigenvalue weighted by Gasteiger charge is 2.55. The zero-order valence-electron chi connectivity index (χ0n) is 12.0. The van der Waals surface area contributed by atoms with Crippen molar-refractivity contribution in [1.82, 2.24) is 14.7 Å². The Bertz CT molecular complexity index is 532. The van der Waals surface area contributed by atoms with E-state index in [1.807, 2.05) is 15.6 Å². The van der Waals surface area contributed by atoms with E-state index in [1.54, 1.807) is 0 Å². The molecule has 0 unspecified atom stereocenters. The number of ether oxygens (including phenoxy) is 1. The summed E-state index contributed by atoms with van der Waals surface area (Å²) in [6.45, 7) is 4.28. The van der Waals surface area contributed by atoms with E-state index in [-0.39, 0.29) is 6.09 Å². The van der Waals surface area contributed by atoms with E-state index < -0.39 is 0 Å². The van der Waals surface area contributed by atoms with E-state index in [2.05, 4.69) is 43.9 Å². The minimum Gasteiger partial charge on any atom is -0.449 e. The van der Waals surface area contributed by atoms with E-state index in [0.717, 1.165) is 48.0 Å². The molecule has 0 aromatic carbocycles. The summed E-state index contributed by atoms with van der Waals surface area (Å²) >= 11 is 6.92. The number of carbonyl (C=O) groups excluding carboxylic acids is 1. The number of amides is 1. The molecular weight excluding hydrogens is 402 g/mol. The standard InChI is InChI=1S/C14H19Br2N3O2/c1-2-3-4-21-13(20)18-8-14(9-18)6-10(7-14)19-12(16)5-11(15)17-19/h5,10H,2-4,6-9H2,1H3. The Labute approximate surface area is 141 Å². The quantitative estimate of drug-likeness (QED) is 0.692. The smallest absolute Gasteiger partial charge is 0.409 e. The topological polar surface area (TPSA) is 47.4 Å². The van der Waals surface area contributed by atoms with Gasteiger partial charge in [-0.25, -0.2) is 4.79 Å². The van der Waals surface area contributed by atoms with Crippen molar-refractivity contribution < 1.29 is 9.53 Å². The molecule has 1 saturated heterocycles. The summed E-state index contributed by atoms with van der Waals surface area (Å²) in [5.41, 5.74) is 0.298. The summed E-state index contributed by atoms with van der Waals surface area (Å²) in [6, 6.07) is 2.40. The molecule has 1 spiro atoms. The van der Waals surface area contributed by atoms with Gasteiger partial charge < -0.3 is 9.64 Å². The highest BCUT2D eigenvalue weighted by molar-refractivity contribution is 9.11. The molecule has 1 saturated carbocycles. The molecule has 1 amide bonds. The van der Waals surface area contributed by atoms with Crippen LogP contribution in [-0.2, 0) is 4.74 Å². The van der Waals surface area contributed by atoms with Crippen LogP contribution in [0.4, 0.5) is 4.79 Å². The van der Waals surface area contributed by atoms with Crippen LogP contribution in [0.5, 0.6) is 0 Å². The van der Waals surface area contributed by atoms with Crippen LogP contribution < -0.4 is 0 Å². The molecule has 1 aromatic rings. The van der Waals surface area contributed by atoms with Gasteiger partial charge in [0, 0.05) is 24.6 Å². The van der Waals surface area contributed by atoms with E-state index >= 15 is 0 Å². The fourth-order valence-corrected chi connectivity index (χ4v) is 4.54. The highest BCUT2D eigenvalue weighted by atomic mass is 79.9. The molecule has 116 valence electrons. The van der Waals surface area contributed by atoms with Crippen LogP contribution in [0.1, 0.15) is 38.6 Å². The highest BCUT2D eigenvalue weighted by Crippen LogP contribution is 2.54. The third kappa shape index (κ3) is 2.99. The Hall–Kier alpha value is -0.560. The lowest BCUT2D eigenvalue weighted by atomic mass is 9.61. The van der Waals surface area contributed by atoms with Gasteiger partial charge in [0.05, 0.1) is 12.6 Å². The molecule has 21 heavy (non-hydrogen) atoms. The van der Waals surface area contributed by atoms with Gasteiger partial charge in [0.25, 0.3) is 0 Å². The van der Waals surface area contributed by atoms with Crippen molar-refractivity contribution in [2.24, 2.45) is 5.41 Å². The third-order valence-corrected chi connectivity index (χ3v) is 5.36. The van der Waals surface area contributed by atoms with Gasteiger partial charge in [0.2, 0.25) is 0 Å². The van der Waals surface area contributed by atoms with E-state index in [0.29, 0.717) is 18.1 Å². The van der Waals surface area contributed by atoms with Gasteiger partial charge >= 0.3 is 6.09 Å². The predicted octanol–water partition coefficient (Wildman–Crippen LogP) is 3.98. The lowest BCUT2D eigenvalue weighted by Crippen LogP contribution is -2.64. The molecule has 2 heterocycles. The minimum atomic E-state index is -0.152. The molecule has 7 heteroatoms. The second-order valence-corrected chi connectivity index (χ2v) is 7.75. The van der Waals surface area contributed by atoms with Crippen LogP contribution in [0.25, 0.3) is 0 Å². The number of unbranched alkanes of at least 4 members (excludes halogenated alkanes) is 1. The zero-order chi connectivity index (χ0) is 15.0. The van der Waals surface area contributed by atoms with Gasteiger partial charge in [-0.2, -0.15) is 5.10 Å². The molecule has 2 fully saturated rings. The summed E-state index contributed by atoms with van der Waals surface area (Å²) in [5.74, 6) is 0. The summed E-state index contributed by atoms with van der Waals surface area (Å²) in [4.78, 5) is 13.6. The fourth-order valence-electron chi connectivity index (χ4n) is 3.26. The molecular formula is C14H19Br2N3O2. The SMILES string of the molecule is CCCCOC(=O)N1CC2(CC(n3nc(Br)cc3Br)C2)C1. The van der Waals surface area contributed by atoms with Crippen LogP contribution in [0.3, 0.4) is 0 Å². The van der Waals surface area contributed by atoms with Gasteiger partial charge in [-0.15, -0.1) is 0 Å². The van der Waals surface area contributed by atoms with Gasteiger partial charge in [0.15, 0.2) is 0 Å². The first kappa shape index (κ1) is 15.3. The molecule has 2 aliphatic rings. The molecule has 0 bridgehead atoms. The molecule has 0 radical (unpaired) electrons. The maximum atomic E-state index is 11.8.